The molecule has 0 aliphatic heterocycles. The number of rotatable bonds is 6. The highest BCUT2D eigenvalue weighted by molar-refractivity contribution is 5.89. The fourth-order valence-corrected chi connectivity index (χ4v) is 4.58. The standard InChI is InChI=1S/C24H24F3N5O4/c1-12(16-7-17(24(25,26)27)9-18(8-16)32(35)36)29-22-19-10-20(28-11-21(19)30-13(2)31-22)14-3-5-15(6-4-14)23(33)34/h7-12,14-15H,3-6H2,1-2H3,(H,33,34)(H,29,30,31). The van der Waals surface area contributed by atoms with Crippen LogP contribution < -0.4 is 5.32 Å². The molecule has 3 aromatic rings. The molecule has 190 valence electrons. The summed E-state index contributed by atoms with van der Waals surface area (Å²) in [5.74, 6) is -0.291. The maximum Gasteiger partial charge on any atom is 0.416 e. The average Bonchev–Trinajstić information content (AvgIpc) is 2.83. The summed E-state index contributed by atoms with van der Waals surface area (Å²) in [6.45, 7) is 3.27. The molecule has 0 radical (unpaired) electrons. The van der Waals surface area contributed by atoms with Gasteiger partial charge in [-0.3, -0.25) is 19.9 Å². The van der Waals surface area contributed by atoms with E-state index in [2.05, 4.69) is 20.3 Å². The number of nitrogens with zero attached hydrogens (tertiary/aromatic N) is 4. The minimum Gasteiger partial charge on any atom is -0.481 e. The maximum absolute atomic E-state index is 13.3. The van der Waals surface area contributed by atoms with E-state index in [4.69, 9.17) is 0 Å². The van der Waals surface area contributed by atoms with Crippen LogP contribution in [0.1, 0.15) is 67.2 Å². The van der Waals surface area contributed by atoms with Gasteiger partial charge < -0.3 is 10.4 Å². The molecule has 1 aliphatic carbocycles. The molecular weight excluding hydrogens is 479 g/mol. The van der Waals surface area contributed by atoms with Crippen molar-refractivity contribution in [2.45, 2.75) is 57.7 Å². The van der Waals surface area contributed by atoms with Crippen LogP contribution in [0.3, 0.4) is 0 Å². The van der Waals surface area contributed by atoms with Crippen LogP contribution in [-0.4, -0.2) is 31.0 Å². The number of aliphatic carboxylic acids is 1. The number of halogens is 3. The number of alkyl halides is 3. The fourth-order valence-electron chi connectivity index (χ4n) is 4.58. The number of aryl methyl sites for hydroxylation is 1. The third kappa shape index (κ3) is 5.37. The molecule has 0 spiro atoms. The van der Waals surface area contributed by atoms with Crippen molar-refractivity contribution in [3.8, 4) is 0 Å². The largest absolute Gasteiger partial charge is 0.481 e. The van der Waals surface area contributed by atoms with E-state index in [1.807, 2.05) is 6.07 Å². The smallest absolute Gasteiger partial charge is 0.416 e. The predicted molar refractivity (Wildman–Crippen MR) is 125 cm³/mol. The monoisotopic (exact) mass is 503 g/mol. The van der Waals surface area contributed by atoms with Gasteiger partial charge >= 0.3 is 12.1 Å². The van der Waals surface area contributed by atoms with E-state index in [-0.39, 0.29) is 17.4 Å². The lowest BCUT2D eigenvalue weighted by Gasteiger charge is -2.26. The topological polar surface area (TPSA) is 131 Å². The first-order valence-corrected chi connectivity index (χ1v) is 11.4. The molecule has 12 heteroatoms. The van der Waals surface area contributed by atoms with Gasteiger partial charge in [-0.1, -0.05) is 0 Å². The summed E-state index contributed by atoms with van der Waals surface area (Å²) in [7, 11) is 0. The Kier molecular flexibility index (Phi) is 6.79. The molecule has 4 rings (SSSR count). The first kappa shape index (κ1) is 25.3. The van der Waals surface area contributed by atoms with E-state index in [1.165, 1.54) is 0 Å². The van der Waals surface area contributed by atoms with E-state index >= 15 is 0 Å². The van der Waals surface area contributed by atoms with Crippen LogP contribution in [0.25, 0.3) is 10.9 Å². The molecule has 1 fully saturated rings. The molecule has 1 atom stereocenters. The number of fused-ring (bicyclic) bond motifs is 1. The average molecular weight is 503 g/mol. The highest BCUT2D eigenvalue weighted by Crippen LogP contribution is 2.38. The van der Waals surface area contributed by atoms with Crippen molar-refractivity contribution in [1.82, 2.24) is 15.0 Å². The van der Waals surface area contributed by atoms with Gasteiger partial charge in [0.2, 0.25) is 0 Å². The van der Waals surface area contributed by atoms with Gasteiger partial charge in [-0.15, -0.1) is 0 Å². The van der Waals surface area contributed by atoms with Gasteiger partial charge in [0, 0.05) is 29.1 Å². The zero-order valence-electron chi connectivity index (χ0n) is 19.5. The summed E-state index contributed by atoms with van der Waals surface area (Å²) in [5.41, 5.74) is -0.366. The molecular formula is C24H24F3N5O4. The lowest BCUT2D eigenvalue weighted by molar-refractivity contribution is -0.385. The lowest BCUT2D eigenvalue weighted by Crippen LogP contribution is -2.21. The Bertz CT molecular complexity index is 1320. The van der Waals surface area contributed by atoms with Crippen molar-refractivity contribution in [2.75, 3.05) is 5.32 Å². The molecule has 36 heavy (non-hydrogen) atoms. The number of carbonyl (C=O) groups is 1. The Balaban J connectivity index is 1.67. The van der Waals surface area contributed by atoms with Crippen LogP contribution in [0, 0.1) is 23.0 Å². The van der Waals surface area contributed by atoms with E-state index in [1.54, 1.807) is 20.0 Å². The number of anilines is 1. The first-order valence-electron chi connectivity index (χ1n) is 11.4. The molecule has 2 heterocycles. The van der Waals surface area contributed by atoms with Gasteiger partial charge in [-0.25, -0.2) is 9.97 Å². The van der Waals surface area contributed by atoms with Crippen molar-refractivity contribution < 1.29 is 28.0 Å². The summed E-state index contributed by atoms with van der Waals surface area (Å²) >= 11 is 0. The molecule has 1 aromatic carbocycles. The lowest BCUT2D eigenvalue weighted by atomic mass is 9.80. The Morgan fingerprint density at radius 3 is 2.47 bits per heavy atom. The van der Waals surface area contributed by atoms with Gasteiger partial charge in [0.15, 0.2) is 0 Å². The number of non-ortho nitro benzene ring substituents is 1. The Labute approximate surface area is 203 Å². The van der Waals surface area contributed by atoms with Crippen molar-refractivity contribution in [1.29, 1.82) is 0 Å². The van der Waals surface area contributed by atoms with Crippen molar-refractivity contribution in [3.05, 3.63) is 63.2 Å². The Morgan fingerprint density at radius 1 is 1.17 bits per heavy atom. The van der Waals surface area contributed by atoms with Gasteiger partial charge in [-0.2, -0.15) is 13.2 Å². The molecule has 0 amide bonds. The number of nitro groups is 1. The van der Waals surface area contributed by atoms with Crippen LogP contribution in [0.15, 0.2) is 30.5 Å². The number of nitro benzene ring substituents is 1. The number of pyridine rings is 1. The molecule has 2 aromatic heterocycles. The van der Waals surface area contributed by atoms with Crippen LogP contribution in [0.4, 0.5) is 24.7 Å². The first-order chi connectivity index (χ1) is 16.9. The third-order valence-corrected chi connectivity index (χ3v) is 6.54. The fraction of sp³-hybridized carbons (Fsp3) is 0.417. The second-order valence-corrected chi connectivity index (χ2v) is 9.07. The number of hydrogen-bond acceptors (Lipinski definition) is 7. The van der Waals surface area contributed by atoms with Gasteiger partial charge in [0.1, 0.15) is 11.6 Å². The minimum absolute atomic E-state index is 0.0719. The van der Waals surface area contributed by atoms with Gasteiger partial charge in [-0.05, 0) is 57.2 Å². The predicted octanol–water partition coefficient (Wildman–Crippen LogP) is 5.79. The van der Waals surface area contributed by atoms with Gasteiger partial charge in [0.25, 0.3) is 5.69 Å². The zero-order chi connectivity index (χ0) is 26.2. The second-order valence-electron chi connectivity index (χ2n) is 9.07. The summed E-state index contributed by atoms with van der Waals surface area (Å²) in [5, 5.41) is 24.2. The number of nitrogens with one attached hydrogen (secondary N) is 1. The summed E-state index contributed by atoms with van der Waals surface area (Å²) in [6.07, 6.45) is -0.668. The zero-order valence-corrected chi connectivity index (χ0v) is 19.5. The van der Waals surface area contributed by atoms with Crippen LogP contribution in [-0.2, 0) is 11.0 Å². The normalized spacial score (nSPS) is 19.1. The Morgan fingerprint density at radius 2 is 1.86 bits per heavy atom. The number of benzene rings is 1. The van der Waals surface area contributed by atoms with Gasteiger partial charge in [0.05, 0.1) is 34.2 Å². The van der Waals surface area contributed by atoms with Crippen LogP contribution >= 0.6 is 0 Å². The number of aromatic nitrogens is 3. The molecule has 0 saturated heterocycles. The quantitative estimate of drug-likeness (QED) is 0.319. The van der Waals surface area contributed by atoms with Crippen LogP contribution in [0.2, 0.25) is 0 Å². The Hall–Kier alpha value is -3.83. The molecule has 2 N–H and O–H groups in total. The number of hydrogen-bond donors (Lipinski definition) is 2. The molecule has 9 nitrogen and oxygen atoms in total. The summed E-state index contributed by atoms with van der Waals surface area (Å²) < 4.78 is 40.0. The van der Waals surface area contributed by atoms with E-state index in [0.29, 0.717) is 54.3 Å². The summed E-state index contributed by atoms with van der Waals surface area (Å²) in [6, 6.07) is 3.58. The summed E-state index contributed by atoms with van der Waals surface area (Å²) in [4.78, 5) is 35.0. The highest BCUT2D eigenvalue weighted by atomic mass is 19.4. The van der Waals surface area contributed by atoms with Crippen molar-refractivity contribution in [3.63, 3.8) is 0 Å². The minimum atomic E-state index is -4.74. The molecule has 1 saturated carbocycles. The third-order valence-electron chi connectivity index (χ3n) is 6.54. The van der Waals surface area contributed by atoms with Crippen molar-refractivity contribution in [2.24, 2.45) is 5.92 Å². The molecule has 1 aliphatic rings. The molecule has 1 unspecified atom stereocenters. The highest BCUT2D eigenvalue weighted by Gasteiger charge is 2.33. The molecule has 0 bridgehead atoms. The second kappa shape index (κ2) is 9.67. The maximum atomic E-state index is 13.3. The van der Waals surface area contributed by atoms with Crippen molar-refractivity contribution >= 4 is 28.4 Å². The number of carboxylic acid groups (broad SMARTS) is 1. The van der Waals surface area contributed by atoms with Crippen LogP contribution in [0.5, 0.6) is 0 Å². The SMILES string of the molecule is Cc1nc(NC(C)c2cc([N+](=O)[O-])cc(C(F)(F)F)c2)c2cc(C3CCC(C(=O)O)CC3)ncc2n1. The van der Waals surface area contributed by atoms with E-state index in [0.717, 1.165) is 17.8 Å². The number of carboxylic acids is 1. The van der Waals surface area contributed by atoms with E-state index < -0.39 is 34.4 Å². The van der Waals surface area contributed by atoms with E-state index in [9.17, 15) is 33.2 Å².